The Bertz CT molecular complexity index is 952. The van der Waals surface area contributed by atoms with Crippen LogP contribution in [0.25, 0.3) is 28.6 Å². The van der Waals surface area contributed by atoms with Crippen LogP contribution in [0.4, 0.5) is 0 Å². The molecule has 0 aliphatic carbocycles. The van der Waals surface area contributed by atoms with Crippen molar-refractivity contribution in [1.29, 1.82) is 0 Å². The van der Waals surface area contributed by atoms with E-state index < -0.39 is 0 Å². The molecule has 6 heteroatoms. The number of imidazole rings is 1. The van der Waals surface area contributed by atoms with Crippen molar-refractivity contribution in [2.75, 3.05) is 0 Å². The molecule has 6 nitrogen and oxygen atoms in total. The average molecular weight is 250 g/mol. The smallest absolute Gasteiger partial charge is 0.355 e. The van der Waals surface area contributed by atoms with Crippen molar-refractivity contribution in [1.82, 2.24) is 19.4 Å². The number of hydrogen-bond donors (Lipinski definition) is 0. The third-order valence-electron chi connectivity index (χ3n) is 3.49. The lowest BCUT2D eigenvalue weighted by atomic mass is 10.2. The van der Waals surface area contributed by atoms with E-state index in [0.29, 0.717) is 5.71 Å². The van der Waals surface area contributed by atoms with Crippen LogP contribution in [0.2, 0.25) is 0 Å². The largest absolute Gasteiger partial charge is 0.394 e. The second-order valence-electron chi connectivity index (χ2n) is 4.55. The first kappa shape index (κ1) is 9.21. The first-order valence-corrected chi connectivity index (χ1v) is 6.00. The van der Waals surface area contributed by atoms with Crippen LogP contribution in [-0.4, -0.2) is 19.4 Å². The van der Waals surface area contributed by atoms with Gasteiger partial charge in [0, 0.05) is 11.8 Å². The lowest BCUT2D eigenvalue weighted by Crippen LogP contribution is -2.31. The normalized spacial score (nSPS) is 13.1. The SMILES string of the molecule is c1cnc2c(c1)C[n+]1c-2oc2nc3cnccn3c21. The maximum Gasteiger partial charge on any atom is 0.355 e. The molecule has 0 atom stereocenters. The van der Waals surface area contributed by atoms with Crippen molar-refractivity contribution in [3.63, 3.8) is 0 Å². The number of aromatic nitrogens is 5. The lowest BCUT2D eigenvalue weighted by Gasteiger charge is -1.90. The van der Waals surface area contributed by atoms with E-state index in [1.165, 1.54) is 5.56 Å². The van der Waals surface area contributed by atoms with E-state index in [2.05, 4.69) is 25.6 Å². The van der Waals surface area contributed by atoms with Crippen LogP contribution in [0, 0.1) is 0 Å². The van der Waals surface area contributed by atoms with Crippen molar-refractivity contribution < 1.29 is 8.98 Å². The Morgan fingerprint density at radius 2 is 2.32 bits per heavy atom. The summed E-state index contributed by atoms with van der Waals surface area (Å²) < 4.78 is 9.95. The fraction of sp³-hybridized carbons (Fsp3) is 0.0769. The molecule has 5 rings (SSSR count). The molecule has 90 valence electrons. The maximum absolute atomic E-state index is 5.86. The topological polar surface area (TPSA) is 60.1 Å². The van der Waals surface area contributed by atoms with E-state index >= 15 is 0 Å². The van der Waals surface area contributed by atoms with Crippen molar-refractivity contribution >= 4 is 17.0 Å². The van der Waals surface area contributed by atoms with Gasteiger partial charge in [0.2, 0.25) is 5.65 Å². The van der Waals surface area contributed by atoms with Crippen molar-refractivity contribution in [2.45, 2.75) is 6.54 Å². The van der Waals surface area contributed by atoms with Crippen LogP contribution in [0.15, 0.2) is 41.3 Å². The molecule has 4 aromatic rings. The van der Waals surface area contributed by atoms with E-state index in [1.54, 1.807) is 18.6 Å². The highest BCUT2D eigenvalue weighted by atomic mass is 16.4. The average Bonchev–Trinajstić information content (AvgIpc) is 3.05. The highest BCUT2D eigenvalue weighted by Gasteiger charge is 2.34. The molecule has 0 saturated carbocycles. The van der Waals surface area contributed by atoms with Crippen LogP contribution in [0.3, 0.4) is 0 Å². The fourth-order valence-corrected chi connectivity index (χ4v) is 2.68. The van der Waals surface area contributed by atoms with Crippen LogP contribution < -0.4 is 4.57 Å². The van der Waals surface area contributed by atoms with E-state index in [4.69, 9.17) is 4.42 Å². The molecule has 0 N–H and O–H groups in total. The second kappa shape index (κ2) is 2.97. The van der Waals surface area contributed by atoms with Gasteiger partial charge in [0.05, 0.1) is 12.4 Å². The van der Waals surface area contributed by atoms with Crippen molar-refractivity contribution in [3.05, 3.63) is 42.5 Å². The maximum atomic E-state index is 5.86. The van der Waals surface area contributed by atoms with Gasteiger partial charge in [-0.05, 0) is 6.07 Å². The zero-order valence-corrected chi connectivity index (χ0v) is 9.82. The molecule has 1 aliphatic heterocycles. The second-order valence-corrected chi connectivity index (χ2v) is 4.55. The van der Waals surface area contributed by atoms with Crippen LogP contribution in [-0.2, 0) is 6.54 Å². The lowest BCUT2D eigenvalue weighted by molar-refractivity contribution is -0.651. The molecule has 0 fully saturated rings. The predicted molar refractivity (Wildman–Crippen MR) is 65.3 cm³/mol. The minimum absolute atomic E-state index is 0.624. The molecule has 0 radical (unpaired) electrons. The zero-order chi connectivity index (χ0) is 12.4. The van der Waals surface area contributed by atoms with Gasteiger partial charge in [-0.1, -0.05) is 6.07 Å². The molecular weight excluding hydrogens is 242 g/mol. The molecule has 1 aliphatic rings. The van der Waals surface area contributed by atoms with E-state index in [0.717, 1.165) is 29.4 Å². The van der Waals surface area contributed by atoms with Crippen LogP contribution in [0.5, 0.6) is 0 Å². The minimum Gasteiger partial charge on any atom is -0.394 e. The summed E-state index contributed by atoms with van der Waals surface area (Å²) in [4.78, 5) is 12.9. The standard InChI is InChI=1S/C13H8N5O/c1-2-8-7-18-12-11(19-13(18)10(8)15-3-1)16-9-6-14-4-5-17(9)12/h1-6H,7H2/q+1. The minimum atomic E-state index is 0.624. The molecule has 0 bridgehead atoms. The van der Waals surface area contributed by atoms with Gasteiger partial charge in [0.1, 0.15) is 12.7 Å². The summed E-state index contributed by atoms with van der Waals surface area (Å²) in [5.74, 6) is 0.777. The van der Waals surface area contributed by atoms with E-state index in [1.807, 2.05) is 16.7 Å². The Hall–Kier alpha value is -2.76. The molecule has 0 saturated heterocycles. The summed E-state index contributed by atoms with van der Waals surface area (Å²) in [6.45, 7) is 0.765. The quantitative estimate of drug-likeness (QED) is 0.387. The van der Waals surface area contributed by atoms with E-state index in [9.17, 15) is 0 Å². The van der Waals surface area contributed by atoms with Gasteiger partial charge in [-0.25, -0.2) is 4.98 Å². The van der Waals surface area contributed by atoms with Crippen LogP contribution >= 0.6 is 0 Å². The summed E-state index contributed by atoms with van der Waals surface area (Å²) >= 11 is 0. The molecular formula is C13H8N5O+. The van der Waals surface area contributed by atoms with Gasteiger partial charge in [-0.15, -0.1) is 0 Å². The van der Waals surface area contributed by atoms with Gasteiger partial charge < -0.3 is 4.42 Å². The Morgan fingerprint density at radius 3 is 3.32 bits per heavy atom. The predicted octanol–water partition coefficient (Wildman–Crippen LogP) is 1.19. The number of hydrogen-bond acceptors (Lipinski definition) is 4. The molecule has 5 heterocycles. The molecule has 0 spiro atoms. The van der Waals surface area contributed by atoms with Crippen LogP contribution in [0.1, 0.15) is 5.56 Å². The zero-order valence-electron chi connectivity index (χ0n) is 9.82. The Kier molecular flexibility index (Phi) is 1.44. The van der Waals surface area contributed by atoms with Crippen molar-refractivity contribution in [3.8, 4) is 11.6 Å². The third kappa shape index (κ3) is 1.02. The number of fused-ring (bicyclic) bond motifs is 7. The van der Waals surface area contributed by atoms with Gasteiger partial charge in [0.15, 0.2) is 5.69 Å². The first-order chi connectivity index (χ1) is 9.42. The van der Waals surface area contributed by atoms with Gasteiger partial charge in [-0.2, -0.15) is 14.0 Å². The molecule has 0 amide bonds. The number of nitrogens with zero attached hydrogens (tertiary/aromatic N) is 5. The Balaban J connectivity index is 1.94. The summed E-state index contributed by atoms with van der Waals surface area (Å²) in [6, 6.07) is 4.02. The number of rotatable bonds is 0. The molecule has 0 aromatic carbocycles. The van der Waals surface area contributed by atoms with Crippen molar-refractivity contribution in [2.24, 2.45) is 0 Å². The molecule has 4 aromatic heterocycles. The van der Waals surface area contributed by atoms with Gasteiger partial charge in [0.25, 0.3) is 0 Å². The summed E-state index contributed by atoms with van der Waals surface area (Å²) in [6.07, 6.45) is 7.14. The van der Waals surface area contributed by atoms with Gasteiger partial charge >= 0.3 is 17.3 Å². The summed E-state index contributed by atoms with van der Waals surface area (Å²) in [5.41, 5.74) is 4.44. The molecule has 19 heavy (non-hydrogen) atoms. The number of oxazole rings is 1. The first-order valence-electron chi connectivity index (χ1n) is 6.00. The fourth-order valence-electron chi connectivity index (χ4n) is 2.68. The number of pyridine rings is 1. The molecule has 0 unspecified atom stereocenters. The monoisotopic (exact) mass is 250 g/mol. The highest BCUT2D eigenvalue weighted by Crippen LogP contribution is 2.29. The Morgan fingerprint density at radius 1 is 1.32 bits per heavy atom. The summed E-state index contributed by atoms with van der Waals surface area (Å²) in [5, 5.41) is 0. The van der Waals surface area contributed by atoms with Gasteiger partial charge in [-0.3, -0.25) is 4.98 Å². The highest BCUT2D eigenvalue weighted by molar-refractivity contribution is 5.71. The summed E-state index contributed by atoms with van der Waals surface area (Å²) in [7, 11) is 0. The van der Waals surface area contributed by atoms with E-state index in [-0.39, 0.29) is 0 Å². The third-order valence-corrected chi connectivity index (χ3v) is 3.49. The Labute approximate surface area is 107 Å².